The molecule has 3 aromatic rings. The normalized spacial score (nSPS) is 14.6. The molecular weight excluding hydrogens is 482 g/mol. The van der Waals surface area contributed by atoms with Gasteiger partial charge in [0.2, 0.25) is 5.95 Å². The molecule has 5 N–H and O–H groups in total. The van der Waals surface area contributed by atoms with Gasteiger partial charge < -0.3 is 31.1 Å². The van der Waals surface area contributed by atoms with E-state index in [1.165, 1.54) is 24.8 Å². The molecule has 0 aliphatic carbocycles. The zero-order valence-corrected chi connectivity index (χ0v) is 23.4. The molecule has 0 radical (unpaired) electrons. The average Bonchev–Trinajstić information content (AvgIpc) is 3.31. The van der Waals surface area contributed by atoms with Crippen LogP contribution in [0.3, 0.4) is 0 Å². The first-order valence-electron chi connectivity index (χ1n) is 13.6. The molecule has 38 heavy (non-hydrogen) atoms. The van der Waals surface area contributed by atoms with Gasteiger partial charge in [-0.1, -0.05) is 26.2 Å². The minimum atomic E-state index is 0.136. The van der Waals surface area contributed by atoms with E-state index >= 15 is 0 Å². The van der Waals surface area contributed by atoms with Gasteiger partial charge in [0, 0.05) is 25.9 Å². The van der Waals surface area contributed by atoms with Crippen molar-refractivity contribution in [3.8, 4) is 5.75 Å². The number of methoxy groups -OCH3 is 1. The standard InChI is InChI=1S/C21H31N9O.C6H14O/c1-28(2)8-9-29-6-4-14(5-7-29)15-10-18(31-3)17(24-11-15)13-30-19-16(12-25-30)26-21(23)27-20(19)22;1-2-3-4-5-6-7/h10-12,14H,4-9,13H2,1-3H3,(H4,22,23,26,27);7H,2-6H2,1H3. The van der Waals surface area contributed by atoms with Gasteiger partial charge in [-0.2, -0.15) is 10.1 Å². The van der Waals surface area contributed by atoms with Crippen molar-refractivity contribution in [3.05, 3.63) is 29.7 Å². The molecule has 0 spiro atoms. The molecule has 0 aromatic carbocycles. The number of unbranched alkanes of at least 4 members (excludes halogenated alkanes) is 3. The first-order chi connectivity index (χ1) is 18.4. The fraction of sp³-hybridized carbons (Fsp3) is 0.630. The number of piperidine rings is 1. The van der Waals surface area contributed by atoms with Gasteiger partial charge in [0.25, 0.3) is 0 Å². The van der Waals surface area contributed by atoms with Gasteiger partial charge in [-0.15, -0.1) is 0 Å². The van der Waals surface area contributed by atoms with Gasteiger partial charge >= 0.3 is 0 Å². The van der Waals surface area contributed by atoms with E-state index in [1.807, 2.05) is 6.20 Å². The number of aliphatic hydroxyl groups is 1. The second kappa shape index (κ2) is 14.8. The van der Waals surface area contributed by atoms with Crippen molar-refractivity contribution in [2.45, 2.75) is 57.9 Å². The maximum absolute atomic E-state index is 8.29. The largest absolute Gasteiger partial charge is 0.495 e. The fourth-order valence-corrected chi connectivity index (χ4v) is 4.68. The van der Waals surface area contributed by atoms with Gasteiger partial charge in [0.15, 0.2) is 5.82 Å². The van der Waals surface area contributed by atoms with E-state index in [9.17, 15) is 0 Å². The molecular formula is C27H45N9O2. The molecule has 4 rings (SSSR count). The summed E-state index contributed by atoms with van der Waals surface area (Å²) in [5.74, 6) is 1.70. The lowest BCUT2D eigenvalue weighted by Crippen LogP contribution is -2.37. The number of likely N-dealkylation sites (tertiary alicyclic amines) is 1. The van der Waals surface area contributed by atoms with Crippen molar-refractivity contribution in [3.63, 3.8) is 0 Å². The minimum absolute atomic E-state index is 0.136. The maximum Gasteiger partial charge on any atom is 0.222 e. The van der Waals surface area contributed by atoms with Crippen LogP contribution in [0, 0.1) is 0 Å². The molecule has 0 saturated carbocycles. The Labute approximate surface area is 226 Å². The van der Waals surface area contributed by atoms with E-state index in [0.29, 0.717) is 35.9 Å². The summed E-state index contributed by atoms with van der Waals surface area (Å²) >= 11 is 0. The fourth-order valence-electron chi connectivity index (χ4n) is 4.68. The zero-order valence-electron chi connectivity index (χ0n) is 23.4. The number of aliphatic hydroxyl groups excluding tert-OH is 1. The summed E-state index contributed by atoms with van der Waals surface area (Å²) in [5.41, 5.74) is 15.0. The molecule has 1 aliphatic rings. The van der Waals surface area contributed by atoms with Gasteiger partial charge in [-0.3, -0.25) is 9.67 Å². The molecule has 11 nitrogen and oxygen atoms in total. The number of anilines is 2. The summed E-state index contributed by atoms with van der Waals surface area (Å²) in [7, 11) is 5.91. The number of nitrogens with two attached hydrogens (primary N) is 2. The van der Waals surface area contributed by atoms with Crippen LogP contribution in [0.5, 0.6) is 5.75 Å². The molecule has 210 valence electrons. The molecule has 3 aromatic heterocycles. The van der Waals surface area contributed by atoms with Crippen molar-refractivity contribution in [1.29, 1.82) is 0 Å². The summed E-state index contributed by atoms with van der Waals surface area (Å²) in [6.45, 7) is 7.38. The number of aromatic nitrogens is 5. The van der Waals surface area contributed by atoms with Crippen molar-refractivity contribution in [2.75, 3.05) is 65.5 Å². The lowest BCUT2D eigenvalue weighted by atomic mass is 9.90. The molecule has 4 heterocycles. The van der Waals surface area contributed by atoms with E-state index in [2.05, 4.69) is 52.0 Å². The lowest BCUT2D eigenvalue weighted by molar-refractivity contribution is 0.193. The Hall–Kier alpha value is -3.02. The van der Waals surface area contributed by atoms with Crippen molar-refractivity contribution >= 4 is 22.8 Å². The summed E-state index contributed by atoms with van der Waals surface area (Å²) in [5, 5.41) is 12.7. The SMILES string of the molecule is CCCCCCO.COc1cc(C2CCN(CCN(C)C)CC2)cnc1Cn1ncc2nc(N)nc(N)c21. The molecule has 0 unspecified atom stereocenters. The van der Waals surface area contributed by atoms with Gasteiger partial charge in [0.1, 0.15) is 22.5 Å². The quantitative estimate of drug-likeness (QED) is 0.318. The topological polar surface area (TPSA) is 144 Å². The van der Waals surface area contributed by atoms with Gasteiger partial charge in [-0.25, -0.2) is 4.98 Å². The number of hydrogen-bond donors (Lipinski definition) is 3. The first kappa shape index (κ1) is 29.5. The predicted molar refractivity (Wildman–Crippen MR) is 152 cm³/mol. The van der Waals surface area contributed by atoms with E-state index in [0.717, 1.165) is 56.9 Å². The van der Waals surface area contributed by atoms with Gasteiger partial charge in [0.05, 0.1) is 19.9 Å². The van der Waals surface area contributed by atoms with Crippen LogP contribution >= 0.6 is 0 Å². The highest BCUT2D eigenvalue weighted by Crippen LogP contribution is 2.31. The minimum Gasteiger partial charge on any atom is -0.495 e. The second-order valence-electron chi connectivity index (χ2n) is 10.1. The highest BCUT2D eigenvalue weighted by atomic mass is 16.5. The Balaban J connectivity index is 0.000000505. The van der Waals surface area contributed by atoms with Crippen molar-refractivity contribution in [1.82, 2.24) is 34.5 Å². The van der Waals surface area contributed by atoms with Crippen LogP contribution < -0.4 is 16.2 Å². The summed E-state index contributed by atoms with van der Waals surface area (Å²) in [6.07, 6.45) is 10.6. The number of nitrogens with zero attached hydrogens (tertiary/aromatic N) is 7. The Morgan fingerprint density at radius 1 is 1.11 bits per heavy atom. The Morgan fingerprint density at radius 3 is 2.53 bits per heavy atom. The zero-order chi connectivity index (χ0) is 27.5. The number of ether oxygens (including phenoxy) is 1. The maximum atomic E-state index is 8.29. The lowest BCUT2D eigenvalue weighted by Gasteiger charge is -2.32. The van der Waals surface area contributed by atoms with Crippen LogP contribution in [0.25, 0.3) is 11.0 Å². The average molecular weight is 528 g/mol. The molecule has 11 heteroatoms. The third-order valence-electron chi connectivity index (χ3n) is 6.94. The monoisotopic (exact) mass is 527 g/mol. The Bertz CT molecular complexity index is 1120. The number of hydrogen-bond acceptors (Lipinski definition) is 10. The number of pyridine rings is 1. The van der Waals surface area contributed by atoms with Crippen LogP contribution in [0.4, 0.5) is 11.8 Å². The van der Waals surface area contributed by atoms with Crippen LogP contribution in [-0.4, -0.2) is 93.6 Å². The van der Waals surface area contributed by atoms with Crippen LogP contribution in [0.15, 0.2) is 18.5 Å². The number of nitrogen functional groups attached to an aromatic ring is 2. The van der Waals surface area contributed by atoms with Crippen molar-refractivity contribution in [2.24, 2.45) is 0 Å². The van der Waals surface area contributed by atoms with E-state index in [1.54, 1.807) is 18.0 Å². The highest BCUT2D eigenvalue weighted by Gasteiger charge is 2.22. The Morgan fingerprint density at radius 2 is 1.87 bits per heavy atom. The number of rotatable bonds is 11. The predicted octanol–water partition coefficient (Wildman–Crippen LogP) is 2.74. The molecule has 0 amide bonds. The highest BCUT2D eigenvalue weighted by molar-refractivity contribution is 5.85. The Kier molecular flexibility index (Phi) is 11.5. The second-order valence-corrected chi connectivity index (χ2v) is 10.1. The van der Waals surface area contributed by atoms with Crippen LogP contribution in [0.2, 0.25) is 0 Å². The molecule has 0 atom stereocenters. The summed E-state index contributed by atoms with van der Waals surface area (Å²) in [4.78, 5) is 17.7. The van der Waals surface area contributed by atoms with Crippen LogP contribution in [-0.2, 0) is 6.54 Å². The third-order valence-corrected chi connectivity index (χ3v) is 6.94. The molecule has 1 fully saturated rings. The number of fused-ring (bicyclic) bond motifs is 1. The molecule has 1 saturated heterocycles. The first-order valence-corrected chi connectivity index (χ1v) is 13.6. The number of likely N-dealkylation sites (N-methyl/N-ethyl adjacent to an activating group) is 1. The van der Waals surface area contributed by atoms with E-state index in [-0.39, 0.29) is 5.95 Å². The third kappa shape index (κ3) is 8.24. The van der Waals surface area contributed by atoms with E-state index in [4.69, 9.17) is 26.3 Å². The molecule has 0 bridgehead atoms. The molecule has 1 aliphatic heterocycles. The van der Waals surface area contributed by atoms with Crippen molar-refractivity contribution < 1.29 is 9.84 Å². The van der Waals surface area contributed by atoms with Gasteiger partial charge in [-0.05, 0) is 64.0 Å². The summed E-state index contributed by atoms with van der Waals surface area (Å²) < 4.78 is 7.41. The summed E-state index contributed by atoms with van der Waals surface area (Å²) in [6, 6.07) is 2.12. The smallest absolute Gasteiger partial charge is 0.222 e. The van der Waals surface area contributed by atoms with E-state index < -0.39 is 0 Å². The van der Waals surface area contributed by atoms with Crippen LogP contribution in [0.1, 0.15) is 62.6 Å².